The number of thiophene rings is 1. The molecule has 6 rings (SSSR count). The summed E-state index contributed by atoms with van der Waals surface area (Å²) in [4.78, 5) is 23.3. The molecule has 0 amide bonds. The second-order valence-corrected chi connectivity index (χ2v) is 9.88. The lowest BCUT2D eigenvalue weighted by Gasteiger charge is -2.11. The van der Waals surface area contributed by atoms with E-state index in [2.05, 4.69) is 59.5 Å². The number of hydrogen-bond acceptors (Lipinski definition) is 7. The number of aromatic nitrogens is 7. The predicted octanol–water partition coefficient (Wildman–Crippen LogP) is 5.95. The van der Waals surface area contributed by atoms with Gasteiger partial charge in [-0.15, -0.1) is 11.3 Å². The molecule has 0 saturated carbocycles. The van der Waals surface area contributed by atoms with Gasteiger partial charge in [0.05, 0.1) is 28.3 Å². The van der Waals surface area contributed by atoms with Gasteiger partial charge < -0.3 is 10.3 Å². The maximum absolute atomic E-state index is 15.9. The van der Waals surface area contributed by atoms with Crippen LogP contribution in [0.4, 0.5) is 10.1 Å². The minimum atomic E-state index is -0.489. The highest BCUT2D eigenvalue weighted by molar-refractivity contribution is 7.15. The third-order valence-electron chi connectivity index (χ3n) is 5.63. The molecule has 0 aliphatic rings. The van der Waals surface area contributed by atoms with Crippen LogP contribution >= 0.6 is 11.3 Å². The number of hydrogen-bond donors (Lipinski definition) is 3. The van der Waals surface area contributed by atoms with E-state index in [0.29, 0.717) is 33.6 Å². The van der Waals surface area contributed by atoms with Crippen LogP contribution in [0.1, 0.15) is 18.7 Å². The smallest absolute Gasteiger partial charge is 0.178 e. The molecule has 0 bridgehead atoms. The lowest BCUT2D eigenvalue weighted by atomic mass is 10.1. The van der Waals surface area contributed by atoms with Gasteiger partial charge in [0.1, 0.15) is 11.4 Å². The Balaban J connectivity index is 1.49. The zero-order valence-corrected chi connectivity index (χ0v) is 20.0. The molecule has 6 heterocycles. The molecule has 0 saturated heterocycles. The van der Waals surface area contributed by atoms with Crippen LogP contribution in [0.2, 0.25) is 0 Å². The van der Waals surface area contributed by atoms with Crippen molar-refractivity contribution in [3.8, 4) is 33.2 Å². The fourth-order valence-corrected chi connectivity index (χ4v) is 5.04. The second kappa shape index (κ2) is 8.24. The number of nitrogens with zero attached hydrogens (tertiary/aromatic N) is 5. The molecule has 3 N–H and O–H groups in total. The molecule has 0 aliphatic heterocycles. The number of rotatable bonds is 5. The van der Waals surface area contributed by atoms with E-state index in [9.17, 15) is 0 Å². The summed E-state index contributed by atoms with van der Waals surface area (Å²) in [6.07, 6.45) is 6.61. The van der Waals surface area contributed by atoms with Crippen LogP contribution < -0.4 is 5.32 Å². The van der Waals surface area contributed by atoms with Gasteiger partial charge >= 0.3 is 0 Å². The highest BCUT2D eigenvalue weighted by atomic mass is 32.1. The standard InChI is InChI=1S/C25H21FN8S/c1-12(2)30-15-8-14(9-27-10-15)21-20(26)19-17(11-29-21)33-34-23(19)25-31-22-16(6-7-28-24(22)32-25)18-5-4-13(3)35-18/h4-12,30H,1-3H3,(H,33,34)(H,28,31,32). The molecule has 10 heteroatoms. The van der Waals surface area contributed by atoms with Crippen molar-refractivity contribution in [2.75, 3.05) is 5.32 Å². The average molecular weight is 485 g/mol. The molecule has 0 aliphatic carbocycles. The van der Waals surface area contributed by atoms with Gasteiger partial charge in [0.15, 0.2) is 17.3 Å². The molecule has 174 valence electrons. The molecule has 0 aromatic carbocycles. The topological polar surface area (TPSA) is 108 Å². The van der Waals surface area contributed by atoms with Crippen molar-refractivity contribution in [3.63, 3.8) is 0 Å². The number of pyridine rings is 3. The van der Waals surface area contributed by atoms with Gasteiger partial charge in [0, 0.05) is 45.5 Å². The average Bonchev–Trinajstić information content (AvgIpc) is 3.56. The third-order valence-corrected chi connectivity index (χ3v) is 6.67. The number of imidazole rings is 1. The fraction of sp³-hybridized carbons (Fsp3) is 0.160. The maximum atomic E-state index is 15.9. The molecule has 0 unspecified atom stereocenters. The van der Waals surface area contributed by atoms with Crippen molar-refractivity contribution < 1.29 is 4.39 Å². The minimum absolute atomic E-state index is 0.198. The number of halogens is 1. The van der Waals surface area contributed by atoms with E-state index in [-0.39, 0.29) is 11.7 Å². The molecule has 0 radical (unpaired) electrons. The summed E-state index contributed by atoms with van der Waals surface area (Å²) < 4.78 is 15.9. The normalized spacial score (nSPS) is 11.7. The number of anilines is 1. The summed E-state index contributed by atoms with van der Waals surface area (Å²) in [5.74, 6) is -0.0545. The molecule has 0 fully saturated rings. The second-order valence-electron chi connectivity index (χ2n) is 8.60. The van der Waals surface area contributed by atoms with Gasteiger partial charge in [-0.05, 0) is 45.0 Å². The van der Waals surface area contributed by atoms with Gasteiger partial charge in [0.25, 0.3) is 0 Å². The molecule has 35 heavy (non-hydrogen) atoms. The van der Waals surface area contributed by atoms with Crippen LogP contribution in [-0.2, 0) is 0 Å². The molecule has 0 atom stereocenters. The van der Waals surface area contributed by atoms with Gasteiger partial charge in [-0.25, -0.2) is 14.4 Å². The summed E-state index contributed by atoms with van der Waals surface area (Å²) in [6.45, 7) is 6.13. The lowest BCUT2D eigenvalue weighted by molar-refractivity contribution is 0.638. The maximum Gasteiger partial charge on any atom is 0.178 e. The monoisotopic (exact) mass is 484 g/mol. The Morgan fingerprint density at radius 2 is 1.94 bits per heavy atom. The Bertz CT molecular complexity index is 1700. The molecule has 0 spiro atoms. The highest BCUT2D eigenvalue weighted by Gasteiger charge is 2.21. The SMILES string of the molecule is Cc1ccc(-c2ccnc3nc(-c4n[nH]c5cnc(-c6cncc(NC(C)C)c6)c(F)c45)[nH]c23)s1. The first-order valence-electron chi connectivity index (χ1n) is 11.1. The zero-order valence-electron chi connectivity index (χ0n) is 19.2. The van der Waals surface area contributed by atoms with Crippen LogP contribution in [0, 0.1) is 12.7 Å². The van der Waals surface area contributed by atoms with Gasteiger partial charge in [-0.3, -0.25) is 15.1 Å². The van der Waals surface area contributed by atoms with Crippen LogP contribution in [0.5, 0.6) is 0 Å². The summed E-state index contributed by atoms with van der Waals surface area (Å²) in [7, 11) is 0. The van der Waals surface area contributed by atoms with Crippen molar-refractivity contribution in [3.05, 3.63) is 59.7 Å². The van der Waals surface area contributed by atoms with Gasteiger partial charge in [-0.2, -0.15) is 5.10 Å². The minimum Gasteiger partial charge on any atom is -0.382 e. The Kier molecular flexibility index (Phi) is 5.03. The summed E-state index contributed by atoms with van der Waals surface area (Å²) in [6, 6.07) is 8.16. The van der Waals surface area contributed by atoms with Crippen molar-refractivity contribution in [1.29, 1.82) is 0 Å². The Morgan fingerprint density at radius 3 is 2.74 bits per heavy atom. The number of fused-ring (bicyclic) bond motifs is 2. The number of aryl methyl sites for hydroxylation is 1. The van der Waals surface area contributed by atoms with E-state index in [1.54, 1.807) is 36.1 Å². The van der Waals surface area contributed by atoms with Crippen molar-refractivity contribution in [1.82, 2.24) is 35.1 Å². The third kappa shape index (κ3) is 3.71. The van der Waals surface area contributed by atoms with Crippen molar-refractivity contribution in [2.24, 2.45) is 0 Å². The van der Waals surface area contributed by atoms with E-state index >= 15 is 4.39 Å². The van der Waals surface area contributed by atoms with E-state index in [1.165, 1.54) is 4.88 Å². The first-order chi connectivity index (χ1) is 17.0. The Labute approximate surface area is 203 Å². The molecular formula is C25H21FN8S. The van der Waals surface area contributed by atoms with E-state index in [4.69, 9.17) is 0 Å². The van der Waals surface area contributed by atoms with E-state index in [1.807, 2.05) is 26.0 Å². The first kappa shape index (κ1) is 21.4. The predicted molar refractivity (Wildman–Crippen MR) is 137 cm³/mol. The molecule has 6 aromatic rings. The van der Waals surface area contributed by atoms with Crippen molar-refractivity contribution in [2.45, 2.75) is 26.8 Å². The quantitative estimate of drug-likeness (QED) is 0.279. The zero-order chi connectivity index (χ0) is 24.1. The van der Waals surface area contributed by atoms with Crippen molar-refractivity contribution >= 4 is 39.1 Å². The summed E-state index contributed by atoms with van der Waals surface area (Å²) in [5, 5.41) is 10.8. The van der Waals surface area contributed by atoms with Gasteiger partial charge in [-0.1, -0.05) is 0 Å². The first-order valence-corrected chi connectivity index (χ1v) is 12.0. The number of aromatic amines is 2. The highest BCUT2D eigenvalue weighted by Crippen LogP contribution is 2.35. The molecule has 8 nitrogen and oxygen atoms in total. The lowest BCUT2D eigenvalue weighted by Crippen LogP contribution is -2.09. The number of H-pyrrole nitrogens is 2. The van der Waals surface area contributed by atoms with E-state index in [0.717, 1.165) is 21.6 Å². The number of nitrogens with one attached hydrogen (secondary N) is 3. The van der Waals surface area contributed by atoms with Gasteiger partial charge in [0.2, 0.25) is 0 Å². The summed E-state index contributed by atoms with van der Waals surface area (Å²) >= 11 is 1.69. The Hall–Kier alpha value is -4.18. The largest absolute Gasteiger partial charge is 0.382 e. The molecule has 6 aromatic heterocycles. The Morgan fingerprint density at radius 1 is 1.06 bits per heavy atom. The van der Waals surface area contributed by atoms with Crippen LogP contribution in [0.3, 0.4) is 0 Å². The summed E-state index contributed by atoms with van der Waals surface area (Å²) in [5.41, 5.74) is 4.75. The van der Waals surface area contributed by atoms with Crippen LogP contribution in [0.25, 0.3) is 55.3 Å². The van der Waals surface area contributed by atoms with Crippen LogP contribution in [0.15, 0.2) is 49.1 Å². The molecular weight excluding hydrogens is 463 g/mol. The van der Waals surface area contributed by atoms with Crippen LogP contribution in [-0.4, -0.2) is 41.2 Å². The fourth-order valence-electron chi connectivity index (χ4n) is 4.14. The van der Waals surface area contributed by atoms with E-state index < -0.39 is 5.82 Å².